The van der Waals surface area contributed by atoms with Gasteiger partial charge in [0.1, 0.15) is 4.90 Å². The smallest absolute Gasteiger partial charge is 0.244 e. The third kappa shape index (κ3) is 3.26. The predicted octanol–water partition coefficient (Wildman–Crippen LogP) is 3.42. The molecular weight excluding hydrogens is 370 g/mol. The van der Waals surface area contributed by atoms with E-state index in [1.165, 1.54) is 20.3 Å². The molecule has 0 radical (unpaired) electrons. The Labute approximate surface area is 140 Å². The molecule has 0 aromatic heterocycles. The Bertz CT molecular complexity index is 633. The molecule has 124 valence electrons. The SMILES string of the molecule is CCC1CCCCN1S(=O)(=O)c1cc(OC)c(OC)cc1Br. The molecule has 7 heteroatoms. The van der Waals surface area contributed by atoms with Gasteiger partial charge in [-0.1, -0.05) is 13.3 Å². The molecule has 0 aliphatic carbocycles. The highest BCUT2D eigenvalue weighted by molar-refractivity contribution is 9.10. The van der Waals surface area contributed by atoms with Crippen molar-refractivity contribution in [1.29, 1.82) is 0 Å². The van der Waals surface area contributed by atoms with E-state index in [4.69, 9.17) is 9.47 Å². The van der Waals surface area contributed by atoms with E-state index >= 15 is 0 Å². The molecule has 0 saturated carbocycles. The summed E-state index contributed by atoms with van der Waals surface area (Å²) in [6, 6.07) is 3.23. The molecule has 1 heterocycles. The van der Waals surface area contributed by atoms with Gasteiger partial charge in [0.25, 0.3) is 0 Å². The lowest BCUT2D eigenvalue weighted by molar-refractivity contribution is 0.246. The fourth-order valence-electron chi connectivity index (χ4n) is 2.86. The van der Waals surface area contributed by atoms with Gasteiger partial charge >= 0.3 is 0 Å². The van der Waals surface area contributed by atoms with Crippen molar-refractivity contribution >= 4 is 26.0 Å². The van der Waals surface area contributed by atoms with Crippen LogP contribution in [0.1, 0.15) is 32.6 Å². The van der Waals surface area contributed by atoms with Crippen LogP contribution in [0.5, 0.6) is 11.5 Å². The molecule has 1 atom stereocenters. The van der Waals surface area contributed by atoms with E-state index in [-0.39, 0.29) is 10.9 Å². The van der Waals surface area contributed by atoms with Crippen LogP contribution in [0.15, 0.2) is 21.5 Å². The van der Waals surface area contributed by atoms with Gasteiger partial charge in [-0.05, 0) is 41.3 Å². The first-order chi connectivity index (χ1) is 10.5. The largest absolute Gasteiger partial charge is 0.493 e. The summed E-state index contributed by atoms with van der Waals surface area (Å²) < 4.78 is 38.7. The maximum absolute atomic E-state index is 13.0. The van der Waals surface area contributed by atoms with E-state index in [1.807, 2.05) is 6.92 Å². The van der Waals surface area contributed by atoms with Crippen LogP contribution in [0.4, 0.5) is 0 Å². The summed E-state index contributed by atoms with van der Waals surface area (Å²) in [5.74, 6) is 0.911. The van der Waals surface area contributed by atoms with Crippen molar-refractivity contribution in [2.24, 2.45) is 0 Å². The average molecular weight is 392 g/mol. The molecular formula is C15H22BrNO4S. The van der Waals surface area contributed by atoms with Gasteiger partial charge in [0, 0.05) is 23.1 Å². The number of sulfonamides is 1. The number of piperidine rings is 1. The van der Waals surface area contributed by atoms with Crippen LogP contribution >= 0.6 is 15.9 Å². The normalized spacial score (nSPS) is 19.9. The van der Waals surface area contributed by atoms with Crippen molar-refractivity contribution in [1.82, 2.24) is 4.31 Å². The number of halogens is 1. The molecule has 1 aromatic carbocycles. The van der Waals surface area contributed by atoms with Gasteiger partial charge in [-0.25, -0.2) is 8.42 Å². The van der Waals surface area contributed by atoms with Gasteiger partial charge in [0.2, 0.25) is 10.0 Å². The monoisotopic (exact) mass is 391 g/mol. The van der Waals surface area contributed by atoms with E-state index in [2.05, 4.69) is 15.9 Å². The summed E-state index contributed by atoms with van der Waals surface area (Å²) in [5.41, 5.74) is 0. The molecule has 2 rings (SSSR count). The van der Waals surface area contributed by atoms with Gasteiger partial charge < -0.3 is 9.47 Å². The minimum atomic E-state index is -3.56. The molecule has 1 saturated heterocycles. The van der Waals surface area contributed by atoms with Crippen molar-refractivity contribution in [2.75, 3.05) is 20.8 Å². The van der Waals surface area contributed by atoms with E-state index in [1.54, 1.807) is 10.4 Å². The first-order valence-electron chi connectivity index (χ1n) is 7.39. The Kier molecular flexibility index (Phi) is 5.74. The lowest BCUT2D eigenvalue weighted by Gasteiger charge is -2.34. The molecule has 5 nitrogen and oxygen atoms in total. The van der Waals surface area contributed by atoms with Gasteiger partial charge in [-0.2, -0.15) is 4.31 Å². The zero-order valence-electron chi connectivity index (χ0n) is 13.1. The molecule has 1 unspecified atom stereocenters. The Morgan fingerprint density at radius 2 is 1.86 bits per heavy atom. The molecule has 1 aliphatic rings. The third-order valence-corrected chi connectivity index (χ3v) is 6.98. The summed E-state index contributed by atoms with van der Waals surface area (Å²) >= 11 is 3.35. The van der Waals surface area contributed by atoms with E-state index < -0.39 is 10.0 Å². The summed E-state index contributed by atoms with van der Waals surface area (Å²) in [6.45, 7) is 2.60. The molecule has 1 aromatic rings. The van der Waals surface area contributed by atoms with Crippen molar-refractivity contribution in [3.05, 3.63) is 16.6 Å². The topological polar surface area (TPSA) is 55.8 Å². The van der Waals surface area contributed by atoms with Crippen molar-refractivity contribution < 1.29 is 17.9 Å². The Morgan fingerprint density at radius 1 is 1.23 bits per heavy atom. The standard InChI is InChI=1S/C15H22BrNO4S/c1-4-11-7-5-6-8-17(11)22(18,19)15-10-14(21-3)13(20-2)9-12(15)16/h9-11H,4-8H2,1-3H3. The first-order valence-corrected chi connectivity index (χ1v) is 9.62. The molecule has 1 aliphatic heterocycles. The number of methoxy groups -OCH3 is 2. The third-order valence-electron chi connectivity index (χ3n) is 4.07. The van der Waals surface area contributed by atoms with Crippen LogP contribution in [-0.4, -0.2) is 39.5 Å². The minimum Gasteiger partial charge on any atom is -0.493 e. The first kappa shape index (κ1) is 17.6. The van der Waals surface area contributed by atoms with Crippen molar-refractivity contribution in [3.8, 4) is 11.5 Å². The number of rotatable bonds is 5. The lowest BCUT2D eigenvalue weighted by atomic mass is 10.0. The van der Waals surface area contributed by atoms with E-state index in [9.17, 15) is 8.42 Å². The van der Waals surface area contributed by atoms with Crippen molar-refractivity contribution in [3.63, 3.8) is 0 Å². The van der Waals surface area contributed by atoms with Crippen LogP contribution in [0.25, 0.3) is 0 Å². The zero-order valence-corrected chi connectivity index (χ0v) is 15.5. The highest BCUT2D eigenvalue weighted by Gasteiger charge is 2.34. The Hall–Kier alpha value is -0.790. The molecule has 0 spiro atoms. The quantitative estimate of drug-likeness (QED) is 0.771. The second-order valence-corrected chi connectivity index (χ2v) is 8.02. The maximum atomic E-state index is 13.0. The van der Waals surface area contributed by atoms with Crippen molar-refractivity contribution in [2.45, 2.75) is 43.5 Å². The fraction of sp³-hybridized carbons (Fsp3) is 0.600. The molecule has 1 fully saturated rings. The fourth-order valence-corrected chi connectivity index (χ4v) is 5.62. The molecule has 0 N–H and O–H groups in total. The Balaban J connectivity index is 2.48. The van der Waals surface area contributed by atoms with Crippen LogP contribution in [0.3, 0.4) is 0 Å². The lowest BCUT2D eigenvalue weighted by Crippen LogP contribution is -2.43. The van der Waals surface area contributed by atoms with Crippen LogP contribution in [0, 0.1) is 0 Å². The summed E-state index contributed by atoms with van der Waals surface area (Å²) in [7, 11) is -0.539. The second kappa shape index (κ2) is 7.19. The second-order valence-electron chi connectivity index (χ2n) is 5.31. The van der Waals surface area contributed by atoms with Gasteiger partial charge in [-0.3, -0.25) is 0 Å². The molecule has 0 amide bonds. The number of benzene rings is 1. The van der Waals surface area contributed by atoms with Gasteiger partial charge in [0.15, 0.2) is 11.5 Å². The summed E-state index contributed by atoms with van der Waals surface area (Å²) in [4.78, 5) is 0.227. The number of hydrogen-bond acceptors (Lipinski definition) is 4. The summed E-state index contributed by atoms with van der Waals surface area (Å²) in [5, 5.41) is 0. The molecule has 22 heavy (non-hydrogen) atoms. The Morgan fingerprint density at radius 3 is 2.45 bits per heavy atom. The minimum absolute atomic E-state index is 0.0683. The summed E-state index contributed by atoms with van der Waals surface area (Å²) in [6.07, 6.45) is 3.73. The maximum Gasteiger partial charge on any atom is 0.244 e. The predicted molar refractivity (Wildman–Crippen MR) is 89.1 cm³/mol. The molecule has 0 bridgehead atoms. The van der Waals surface area contributed by atoms with Crippen LogP contribution in [-0.2, 0) is 10.0 Å². The average Bonchev–Trinajstić information content (AvgIpc) is 2.54. The highest BCUT2D eigenvalue weighted by Crippen LogP contribution is 2.38. The highest BCUT2D eigenvalue weighted by atomic mass is 79.9. The van der Waals surface area contributed by atoms with E-state index in [0.717, 1.165) is 25.7 Å². The van der Waals surface area contributed by atoms with Crippen LogP contribution in [0.2, 0.25) is 0 Å². The number of nitrogens with zero attached hydrogens (tertiary/aromatic N) is 1. The number of hydrogen-bond donors (Lipinski definition) is 0. The van der Waals surface area contributed by atoms with Gasteiger partial charge in [0.05, 0.1) is 14.2 Å². The van der Waals surface area contributed by atoms with Crippen LogP contribution < -0.4 is 9.47 Å². The zero-order chi connectivity index (χ0) is 16.3. The van der Waals surface area contributed by atoms with Gasteiger partial charge in [-0.15, -0.1) is 0 Å². The number of ether oxygens (including phenoxy) is 2. The van der Waals surface area contributed by atoms with E-state index in [0.29, 0.717) is 22.5 Å².